The van der Waals surface area contributed by atoms with Gasteiger partial charge in [0.25, 0.3) is 0 Å². The lowest BCUT2D eigenvalue weighted by Crippen LogP contribution is -2.26. The van der Waals surface area contributed by atoms with Crippen LogP contribution in [0.25, 0.3) is 0 Å². The van der Waals surface area contributed by atoms with Crippen LogP contribution in [0.15, 0.2) is 0 Å². The van der Waals surface area contributed by atoms with Gasteiger partial charge in [-0.25, -0.2) is 0 Å². The molecular weight excluding hydrogens is 208 g/mol. The molecule has 4 N–H and O–H groups in total. The summed E-state index contributed by atoms with van der Waals surface area (Å²) in [6.07, 6.45) is 0. The van der Waals surface area contributed by atoms with Crippen molar-refractivity contribution in [1.82, 2.24) is 0 Å². The van der Waals surface area contributed by atoms with E-state index in [2.05, 4.69) is 12.6 Å². The van der Waals surface area contributed by atoms with Crippen LogP contribution in [0.2, 0.25) is 0 Å². The Balaban J connectivity index is 3.04. The summed E-state index contributed by atoms with van der Waals surface area (Å²) in [6, 6.07) is 0.312. The first-order chi connectivity index (χ1) is 5.81. The fourth-order valence-electron chi connectivity index (χ4n) is 0.665. The maximum Gasteiger partial charge on any atom is 0.0222 e. The van der Waals surface area contributed by atoms with Gasteiger partial charge in [-0.3, -0.25) is 0 Å². The van der Waals surface area contributed by atoms with Gasteiger partial charge in [0, 0.05) is 35.6 Å². The molecule has 0 rings (SSSR count). The highest BCUT2D eigenvalue weighted by Crippen LogP contribution is 2.06. The molecule has 0 amide bonds. The smallest absolute Gasteiger partial charge is 0.0222 e. The third kappa shape index (κ3) is 9.06. The number of thioether (sulfide) groups is 2. The Kier molecular flexibility index (Phi) is 10.9. The molecular formula is C7H18N2S3. The minimum absolute atomic E-state index is 0.312. The zero-order chi connectivity index (χ0) is 9.23. The third-order valence-corrected chi connectivity index (χ3v) is 4.03. The van der Waals surface area contributed by atoms with Crippen LogP contribution >= 0.6 is 36.2 Å². The molecule has 0 aromatic heterocycles. The molecule has 0 bridgehead atoms. The molecule has 0 aliphatic rings. The molecule has 2 nitrogen and oxygen atoms in total. The van der Waals surface area contributed by atoms with Crippen molar-refractivity contribution >= 4 is 36.2 Å². The first-order valence-corrected chi connectivity index (χ1v) is 6.97. The number of thiol groups is 1. The van der Waals surface area contributed by atoms with Gasteiger partial charge >= 0.3 is 0 Å². The number of hydrogen-bond acceptors (Lipinski definition) is 5. The monoisotopic (exact) mass is 226 g/mol. The minimum Gasteiger partial charge on any atom is -0.330 e. The molecule has 0 aliphatic heterocycles. The molecule has 1 unspecified atom stereocenters. The predicted molar refractivity (Wildman–Crippen MR) is 65.5 cm³/mol. The molecule has 1 atom stereocenters. The highest BCUT2D eigenvalue weighted by Gasteiger charge is 2.01. The van der Waals surface area contributed by atoms with Crippen molar-refractivity contribution in [2.45, 2.75) is 6.04 Å². The van der Waals surface area contributed by atoms with E-state index in [-0.39, 0.29) is 0 Å². The summed E-state index contributed by atoms with van der Waals surface area (Å²) in [5.41, 5.74) is 11.2. The van der Waals surface area contributed by atoms with Gasteiger partial charge in [0.2, 0.25) is 0 Å². The zero-order valence-electron chi connectivity index (χ0n) is 7.24. The van der Waals surface area contributed by atoms with E-state index in [0.717, 1.165) is 35.3 Å². The summed E-state index contributed by atoms with van der Waals surface area (Å²) in [6.45, 7) is 0.751. The second kappa shape index (κ2) is 10.1. The van der Waals surface area contributed by atoms with Crippen molar-refractivity contribution < 1.29 is 0 Å². The van der Waals surface area contributed by atoms with Crippen LogP contribution < -0.4 is 11.5 Å². The van der Waals surface area contributed by atoms with E-state index in [0.29, 0.717) is 6.04 Å². The predicted octanol–water partition coefficient (Wildman–Crippen LogP) is 0.669. The second-order valence-electron chi connectivity index (χ2n) is 2.42. The maximum absolute atomic E-state index is 5.85. The molecule has 0 aromatic carbocycles. The first kappa shape index (κ1) is 13.0. The van der Waals surface area contributed by atoms with Gasteiger partial charge in [-0.2, -0.15) is 36.2 Å². The van der Waals surface area contributed by atoms with Gasteiger partial charge in [-0.1, -0.05) is 0 Å². The normalized spacial score (nSPS) is 13.2. The lowest BCUT2D eigenvalue weighted by atomic mass is 10.4. The van der Waals surface area contributed by atoms with E-state index >= 15 is 0 Å². The van der Waals surface area contributed by atoms with E-state index in [9.17, 15) is 0 Å². The summed E-state index contributed by atoms with van der Waals surface area (Å²) in [5, 5.41) is 0. The Hall–Kier alpha value is 0.970. The lowest BCUT2D eigenvalue weighted by Gasteiger charge is -2.09. The molecule has 0 spiro atoms. The molecule has 0 saturated carbocycles. The Labute approximate surface area is 89.0 Å². The van der Waals surface area contributed by atoms with Crippen LogP contribution in [0.1, 0.15) is 0 Å². The van der Waals surface area contributed by atoms with Crippen molar-refractivity contribution in [3.05, 3.63) is 0 Å². The van der Waals surface area contributed by atoms with Crippen molar-refractivity contribution in [3.63, 3.8) is 0 Å². The van der Waals surface area contributed by atoms with Crippen molar-refractivity contribution in [1.29, 1.82) is 0 Å². The highest BCUT2D eigenvalue weighted by molar-refractivity contribution is 8.00. The SMILES string of the molecule is NCCSCC(N)CSCCS. The van der Waals surface area contributed by atoms with Crippen LogP contribution in [-0.2, 0) is 0 Å². The first-order valence-electron chi connectivity index (χ1n) is 4.03. The van der Waals surface area contributed by atoms with Gasteiger partial charge in [-0.15, -0.1) is 0 Å². The van der Waals surface area contributed by atoms with Gasteiger partial charge < -0.3 is 11.5 Å². The third-order valence-electron chi connectivity index (χ3n) is 1.16. The quantitative estimate of drug-likeness (QED) is 0.421. The summed E-state index contributed by atoms with van der Waals surface area (Å²) >= 11 is 7.84. The number of rotatable bonds is 8. The van der Waals surface area contributed by atoms with E-state index in [1.54, 1.807) is 0 Å². The lowest BCUT2D eigenvalue weighted by molar-refractivity contribution is 0.860. The summed E-state index contributed by atoms with van der Waals surface area (Å²) in [4.78, 5) is 0. The fraction of sp³-hybridized carbons (Fsp3) is 1.00. The second-order valence-corrected chi connectivity index (χ2v) is 5.17. The van der Waals surface area contributed by atoms with E-state index < -0.39 is 0 Å². The molecule has 0 fully saturated rings. The van der Waals surface area contributed by atoms with Crippen molar-refractivity contribution in [2.24, 2.45) is 11.5 Å². The molecule has 0 radical (unpaired) electrons. The van der Waals surface area contributed by atoms with E-state index in [1.807, 2.05) is 23.5 Å². The standard InChI is InChI=1S/C7H18N2S3/c8-1-3-11-5-7(9)6-12-4-2-10/h7,10H,1-6,8-9H2. The number of hydrogen-bond donors (Lipinski definition) is 3. The molecule has 12 heavy (non-hydrogen) atoms. The van der Waals surface area contributed by atoms with Gasteiger partial charge in [0.15, 0.2) is 0 Å². The summed E-state index contributed by atoms with van der Waals surface area (Å²) in [7, 11) is 0. The molecule has 0 aromatic rings. The fourth-order valence-corrected chi connectivity index (χ4v) is 2.67. The Morgan fingerprint density at radius 2 is 1.75 bits per heavy atom. The van der Waals surface area contributed by atoms with Crippen molar-refractivity contribution in [3.8, 4) is 0 Å². The number of nitrogens with two attached hydrogens (primary N) is 2. The van der Waals surface area contributed by atoms with Gasteiger partial charge in [0.1, 0.15) is 0 Å². The van der Waals surface area contributed by atoms with E-state index in [1.165, 1.54) is 0 Å². The summed E-state index contributed by atoms with van der Waals surface area (Å²) in [5.74, 6) is 5.12. The summed E-state index contributed by atoms with van der Waals surface area (Å²) < 4.78 is 0. The molecule has 5 heteroatoms. The average molecular weight is 226 g/mol. The van der Waals surface area contributed by atoms with Crippen molar-refractivity contribution in [2.75, 3.05) is 35.3 Å². The zero-order valence-corrected chi connectivity index (χ0v) is 9.77. The molecule has 0 saturated heterocycles. The topological polar surface area (TPSA) is 52.0 Å². The maximum atomic E-state index is 5.85. The molecule has 0 heterocycles. The Bertz CT molecular complexity index is 82.7. The van der Waals surface area contributed by atoms with Crippen LogP contribution in [0, 0.1) is 0 Å². The van der Waals surface area contributed by atoms with Gasteiger partial charge in [0.05, 0.1) is 0 Å². The Morgan fingerprint density at radius 1 is 1.17 bits per heavy atom. The molecule has 74 valence electrons. The minimum atomic E-state index is 0.312. The van der Waals surface area contributed by atoms with Gasteiger partial charge in [-0.05, 0) is 5.75 Å². The van der Waals surface area contributed by atoms with Crippen LogP contribution in [-0.4, -0.2) is 41.4 Å². The van der Waals surface area contributed by atoms with Crippen LogP contribution in [0.5, 0.6) is 0 Å². The largest absolute Gasteiger partial charge is 0.330 e. The van der Waals surface area contributed by atoms with E-state index in [4.69, 9.17) is 11.5 Å². The van der Waals surface area contributed by atoms with Crippen LogP contribution in [0.3, 0.4) is 0 Å². The average Bonchev–Trinajstić information content (AvgIpc) is 2.06. The highest BCUT2D eigenvalue weighted by atomic mass is 32.2. The van der Waals surface area contributed by atoms with Crippen LogP contribution in [0.4, 0.5) is 0 Å². The molecule has 0 aliphatic carbocycles. The Morgan fingerprint density at radius 3 is 2.25 bits per heavy atom.